The SMILES string of the molecule is COc1cccc(NC(=O)CSCc2nc(N)nc(Nc3ccccc3C)n2)c1. The molecule has 8 nitrogen and oxygen atoms in total. The van der Waals surface area contributed by atoms with Crippen LogP contribution in [0.4, 0.5) is 23.3 Å². The van der Waals surface area contributed by atoms with Crippen molar-refractivity contribution in [1.82, 2.24) is 15.0 Å². The van der Waals surface area contributed by atoms with Crippen LogP contribution in [0, 0.1) is 6.92 Å². The maximum absolute atomic E-state index is 12.2. The van der Waals surface area contributed by atoms with Crippen molar-refractivity contribution < 1.29 is 9.53 Å². The number of amides is 1. The molecule has 29 heavy (non-hydrogen) atoms. The highest BCUT2D eigenvalue weighted by molar-refractivity contribution is 7.99. The van der Waals surface area contributed by atoms with Gasteiger partial charge in [-0.2, -0.15) is 15.0 Å². The summed E-state index contributed by atoms with van der Waals surface area (Å²) >= 11 is 1.39. The van der Waals surface area contributed by atoms with Crippen molar-refractivity contribution >= 4 is 40.9 Å². The second kappa shape index (κ2) is 9.74. The molecule has 0 saturated carbocycles. The smallest absolute Gasteiger partial charge is 0.234 e. The maximum atomic E-state index is 12.2. The van der Waals surface area contributed by atoms with Crippen LogP contribution in [-0.2, 0) is 10.5 Å². The third-order valence-electron chi connectivity index (χ3n) is 3.91. The number of ether oxygens (including phenoxy) is 1. The molecule has 0 radical (unpaired) electrons. The van der Waals surface area contributed by atoms with E-state index in [1.54, 1.807) is 19.2 Å². The summed E-state index contributed by atoms with van der Waals surface area (Å²) in [4.78, 5) is 24.8. The number of aromatic nitrogens is 3. The van der Waals surface area contributed by atoms with Gasteiger partial charge in [-0.05, 0) is 30.7 Å². The zero-order valence-electron chi connectivity index (χ0n) is 16.2. The minimum absolute atomic E-state index is 0.122. The topological polar surface area (TPSA) is 115 Å². The van der Waals surface area contributed by atoms with Gasteiger partial charge < -0.3 is 21.1 Å². The van der Waals surface area contributed by atoms with Crippen LogP contribution < -0.4 is 21.1 Å². The van der Waals surface area contributed by atoms with Gasteiger partial charge in [0, 0.05) is 17.4 Å². The predicted octanol–water partition coefficient (Wildman–Crippen LogP) is 3.39. The van der Waals surface area contributed by atoms with Gasteiger partial charge in [0.05, 0.1) is 18.6 Å². The highest BCUT2D eigenvalue weighted by atomic mass is 32.2. The van der Waals surface area contributed by atoms with Gasteiger partial charge in [0.25, 0.3) is 0 Å². The lowest BCUT2D eigenvalue weighted by Crippen LogP contribution is -2.14. The number of thioether (sulfide) groups is 1. The lowest BCUT2D eigenvalue weighted by atomic mass is 10.2. The quantitative estimate of drug-likeness (QED) is 0.518. The van der Waals surface area contributed by atoms with E-state index in [-0.39, 0.29) is 17.6 Å². The summed E-state index contributed by atoms with van der Waals surface area (Å²) in [7, 11) is 1.58. The molecule has 0 unspecified atom stereocenters. The van der Waals surface area contributed by atoms with Crippen LogP contribution in [0.2, 0.25) is 0 Å². The number of nitrogen functional groups attached to an aromatic ring is 1. The molecule has 0 saturated heterocycles. The monoisotopic (exact) mass is 410 g/mol. The fourth-order valence-corrected chi connectivity index (χ4v) is 3.20. The number of aryl methyl sites for hydroxylation is 1. The Labute approximate surface area is 173 Å². The van der Waals surface area contributed by atoms with Gasteiger partial charge in [-0.25, -0.2) is 0 Å². The van der Waals surface area contributed by atoms with Gasteiger partial charge >= 0.3 is 0 Å². The molecule has 0 aliphatic carbocycles. The zero-order valence-corrected chi connectivity index (χ0v) is 17.0. The summed E-state index contributed by atoms with van der Waals surface area (Å²) in [6.45, 7) is 1.99. The number of nitrogens with two attached hydrogens (primary N) is 1. The van der Waals surface area contributed by atoms with Crippen LogP contribution in [0.5, 0.6) is 5.75 Å². The van der Waals surface area contributed by atoms with Crippen molar-refractivity contribution in [1.29, 1.82) is 0 Å². The van der Waals surface area contributed by atoms with Crippen molar-refractivity contribution in [2.45, 2.75) is 12.7 Å². The van der Waals surface area contributed by atoms with Crippen molar-refractivity contribution in [3.63, 3.8) is 0 Å². The maximum Gasteiger partial charge on any atom is 0.234 e. The van der Waals surface area contributed by atoms with Crippen molar-refractivity contribution in [2.24, 2.45) is 0 Å². The number of anilines is 4. The molecule has 0 aliphatic rings. The van der Waals surface area contributed by atoms with Crippen LogP contribution in [-0.4, -0.2) is 33.7 Å². The predicted molar refractivity (Wildman–Crippen MR) is 116 cm³/mol. The number of carbonyl (C=O) groups excluding carboxylic acids is 1. The van der Waals surface area contributed by atoms with E-state index in [2.05, 4.69) is 25.6 Å². The molecule has 1 amide bonds. The normalized spacial score (nSPS) is 10.4. The molecule has 0 atom stereocenters. The van der Waals surface area contributed by atoms with Gasteiger partial charge in [0.15, 0.2) is 0 Å². The van der Waals surface area contributed by atoms with Gasteiger partial charge in [0.1, 0.15) is 11.6 Å². The van der Waals surface area contributed by atoms with E-state index in [1.165, 1.54) is 11.8 Å². The minimum Gasteiger partial charge on any atom is -0.497 e. The second-order valence-corrected chi connectivity index (χ2v) is 7.13. The Balaban J connectivity index is 1.55. The average molecular weight is 411 g/mol. The summed E-state index contributed by atoms with van der Waals surface area (Å²) in [6.07, 6.45) is 0. The molecule has 150 valence electrons. The molecular formula is C20H22N6O2S. The van der Waals surface area contributed by atoms with Crippen molar-refractivity contribution in [2.75, 3.05) is 29.2 Å². The van der Waals surface area contributed by atoms with E-state index in [0.717, 1.165) is 11.3 Å². The second-order valence-electron chi connectivity index (χ2n) is 6.15. The van der Waals surface area contributed by atoms with Crippen molar-refractivity contribution in [3.05, 3.63) is 59.9 Å². The first kappa shape index (κ1) is 20.4. The summed E-state index contributed by atoms with van der Waals surface area (Å²) in [5.74, 6) is 2.26. The Kier molecular flexibility index (Phi) is 6.85. The number of benzene rings is 2. The van der Waals surface area contributed by atoms with Gasteiger partial charge in [-0.15, -0.1) is 11.8 Å². The molecule has 2 aromatic carbocycles. The van der Waals surface area contributed by atoms with E-state index in [4.69, 9.17) is 10.5 Å². The number of nitrogens with one attached hydrogen (secondary N) is 2. The Bertz CT molecular complexity index is 998. The van der Waals surface area contributed by atoms with E-state index in [9.17, 15) is 4.79 Å². The summed E-state index contributed by atoms with van der Waals surface area (Å²) < 4.78 is 5.15. The summed E-state index contributed by atoms with van der Waals surface area (Å²) in [5.41, 5.74) is 8.46. The lowest BCUT2D eigenvalue weighted by molar-refractivity contribution is -0.113. The third-order valence-corrected chi connectivity index (χ3v) is 4.84. The first-order chi connectivity index (χ1) is 14.0. The molecule has 9 heteroatoms. The van der Waals surface area contributed by atoms with Crippen LogP contribution in [0.25, 0.3) is 0 Å². The number of hydrogen-bond acceptors (Lipinski definition) is 8. The Hall–Kier alpha value is -3.33. The van der Waals surface area contributed by atoms with Crippen LogP contribution in [0.15, 0.2) is 48.5 Å². The number of rotatable bonds is 8. The van der Waals surface area contributed by atoms with Gasteiger partial charge in [0.2, 0.25) is 17.8 Å². The lowest BCUT2D eigenvalue weighted by Gasteiger charge is -2.09. The summed E-state index contributed by atoms with van der Waals surface area (Å²) in [6, 6.07) is 15.0. The number of para-hydroxylation sites is 1. The number of nitrogens with zero attached hydrogens (tertiary/aromatic N) is 3. The molecule has 3 rings (SSSR count). The zero-order chi connectivity index (χ0) is 20.6. The molecular weight excluding hydrogens is 388 g/mol. The van der Waals surface area contributed by atoms with E-state index < -0.39 is 0 Å². The highest BCUT2D eigenvalue weighted by Crippen LogP contribution is 2.20. The first-order valence-corrected chi connectivity index (χ1v) is 10.0. The fourth-order valence-electron chi connectivity index (χ4n) is 2.52. The minimum atomic E-state index is -0.122. The van der Waals surface area contributed by atoms with Gasteiger partial charge in [-0.3, -0.25) is 4.79 Å². The standard InChI is InChI=1S/C20H22N6O2S/c1-13-6-3-4-9-16(13)23-20-25-17(24-19(21)26-20)11-29-12-18(27)22-14-7-5-8-15(10-14)28-2/h3-10H,11-12H2,1-2H3,(H,22,27)(H3,21,23,24,25,26). The van der Waals surface area contributed by atoms with Crippen LogP contribution in [0.1, 0.15) is 11.4 Å². The average Bonchev–Trinajstić information content (AvgIpc) is 2.69. The number of carbonyl (C=O) groups is 1. The molecule has 1 heterocycles. The Morgan fingerprint density at radius 1 is 1.14 bits per heavy atom. The molecule has 3 aromatic rings. The molecule has 1 aromatic heterocycles. The molecule has 0 bridgehead atoms. The van der Waals surface area contributed by atoms with Crippen LogP contribution >= 0.6 is 11.8 Å². The molecule has 0 fully saturated rings. The Morgan fingerprint density at radius 3 is 2.76 bits per heavy atom. The molecule has 4 N–H and O–H groups in total. The third kappa shape index (κ3) is 6.08. The number of methoxy groups -OCH3 is 1. The first-order valence-electron chi connectivity index (χ1n) is 8.88. The fraction of sp³-hybridized carbons (Fsp3) is 0.200. The Morgan fingerprint density at radius 2 is 1.97 bits per heavy atom. The summed E-state index contributed by atoms with van der Waals surface area (Å²) in [5, 5.41) is 5.99. The van der Waals surface area contributed by atoms with Crippen molar-refractivity contribution in [3.8, 4) is 5.75 Å². The molecule has 0 spiro atoms. The largest absolute Gasteiger partial charge is 0.497 e. The van der Waals surface area contributed by atoms with E-state index >= 15 is 0 Å². The van der Waals surface area contributed by atoms with E-state index in [0.29, 0.717) is 29.0 Å². The van der Waals surface area contributed by atoms with E-state index in [1.807, 2.05) is 43.3 Å². The van der Waals surface area contributed by atoms with Crippen LogP contribution in [0.3, 0.4) is 0 Å². The van der Waals surface area contributed by atoms with Gasteiger partial charge in [-0.1, -0.05) is 24.3 Å². The number of hydrogen-bond donors (Lipinski definition) is 3. The highest BCUT2D eigenvalue weighted by Gasteiger charge is 2.09. The molecule has 0 aliphatic heterocycles.